The highest BCUT2D eigenvalue weighted by molar-refractivity contribution is 8.01. The van der Waals surface area contributed by atoms with Crippen molar-refractivity contribution < 1.29 is 72.0 Å². The third-order valence-electron chi connectivity index (χ3n) is 9.87. The molecule has 2 aliphatic heterocycles. The summed E-state index contributed by atoms with van der Waals surface area (Å²) in [4.78, 5) is 131. The van der Waals surface area contributed by atoms with Crippen molar-refractivity contribution in [1.82, 2.24) is 25.8 Å². The van der Waals surface area contributed by atoms with Crippen molar-refractivity contribution in [2.24, 2.45) is 0 Å². The molecule has 21 heteroatoms. The van der Waals surface area contributed by atoms with Crippen LogP contribution >= 0.6 is 11.8 Å². The number of rotatable bonds is 18. The molecule has 0 saturated carbocycles. The number of carboxylic acids is 1. The van der Waals surface area contributed by atoms with E-state index in [-0.39, 0.29) is 54.3 Å². The number of β-lactam (4-membered cyclic amide) rings is 1. The summed E-state index contributed by atoms with van der Waals surface area (Å²) in [6, 6.07) is 12.5. The molecule has 20 nitrogen and oxygen atoms in total. The molecule has 0 aromatic heterocycles. The number of hydrogen-bond acceptors (Lipinski definition) is 15. The molecule has 344 valence electrons. The van der Waals surface area contributed by atoms with Crippen LogP contribution in [0.25, 0.3) is 0 Å². The van der Waals surface area contributed by atoms with Gasteiger partial charge in [0.15, 0.2) is 23.0 Å². The smallest absolute Gasteiger partial charge is 0.327 e. The summed E-state index contributed by atoms with van der Waals surface area (Å²) in [7, 11) is 0. The van der Waals surface area contributed by atoms with Gasteiger partial charge in [0, 0.05) is 45.5 Å². The molecule has 4 atom stereocenters. The second-order valence-electron chi connectivity index (χ2n) is 15.3. The molecule has 3 aromatic carbocycles. The number of fused-ring (bicyclic) bond motifs is 1. The molecule has 5 rings (SSSR count). The average Bonchev–Trinajstić information content (AvgIpc) is 3.49. The first-order valence-electron chi connectivity index (χ1n) is 20.1. The number of thioether (sulfide) groups is 1. The molecule has 2 heterocycles. The number of nitrogens with zero attached hydrogens (tertiary/aromatic N) is 2. The van der Waals surface area contributed by atoms with Crippen molar-refractivity contribution in [3.8, 4) is 23.0 Å². The van der Waals surface area contributed by atoms with Gasteiger partial charge in [-0.25, -0.2) is 4.79 Å². The summed E-state index contributed by atoms with van der Waals surface area (Å²) in [6.07, 6.45) is 0.347. The van der Waals surface area contributed by atoms with E-state index in [1.807, 2.05) is 0 Å². The third kappa shape index (κ3) is 11.8. The van der Waals surface area contributed by atoms with E-state index >= 15 is 0 Å². The van der Waals surface area contributed by atoms with Crippen molar-refractivity contribution in [2.75, 3.05) is 19.6 Å². The number of aliphatic carboxylic acids is 1. The minimum atomic E-state index is -1.40. The van der Waals surface area contributed by atoms with Gasteiger partial charge in [-0.1, -0.05) is 42.5 Å². The Morgan fingerprint density at radius 2 is 1.31 bits per heavy atom. The van der Waals surface area contributed by atoms with Gasteiger partial charge in [0.1, 0.15) is 23.5 Å². The summed E-state index contributed by atoms with van der Waals surface area (Å²) in [6.45, 7) is 6.96. The highest BCUT2D eigenvalue weighted by atomic mass is 32.2. The average molecular weight is 918 g/mol. The van der Waals surface area contributed by atoms with Crippen LogP contribution in [-0.2, 0) is 38.4 Å². The van der Waals surface area contributed by atoms with Crippen molar-refractivity contribution in [3.05, 3.63) is 83.4 Å². The van der Waals surface area contributed by atoms with Crippen molar-refractivity contribution in [1.29, 1.82) is 0 Å². The molecule has 4 N–H and O–H groups in total. The Bertz CT molecular complexity index is 2410. The lowest BCUT2D eigenvalue weighted by Gasteiger charge is -2.44. The van der Waals surface area contributed by atoms with E-state index in [0.29, 0.717) is 5.56 Å². The maximum absolute atomic E-state index is 14.4. The zero-order chi connectivity index (χ0) is 47.7. The highest BCUT2D eigenvalue weighted by Crippen LogP contribution is 2.51. The fourth-order valence-corrected chi connectivity index (χ4v) is 8.83. The molecular weight excluding hydrogens is 871 g/mol. The minimum Gasteiger partial charge on any atom is -0.480 e. The van der Waals surface area contributed by atoms with Gasteiger partial charge in [0.25, 0.3) is 11.8 Å². The predicted molar refractivity (Wildman–Crippen MR) is 229 cm³/mol. The van der Waals surface area contributed by atoms with Crippen LogP contribution in [0.5, 0.6) is 23.0 Å². The first kappa shape index (κ1) is 48.7. The van der Waals surface area contributed by atoms with E-state index in [1.165, 1.54) is 53.1 Å². The number of carboxylic acid groups (broad SMARTS) is 1. The monoisotopic (exact) mass is 917 g/mol. The number of esters is 4. The number of benzene rings is 3. The first-order chi connectivity index (χ1) is 30.7. The molecule has 65 heavy (non-hydrogen) atoms. The Morgan fingerprint density at radius 3 is 1.86 bits per heavy atom. The summed E-state index contributed by atoms with van der Waals surface area (Å²) in [5.74, 6) is -9.12. The van der Waals surface area contributed by atoms with Gasteiger partial charge in [0.2, 0.25) is 17.7 Å². The standard InChI is InChI=1S/C44H47N5O15S/c1-23(50)61-30-18-12-16-28(35(30)63-25(3)52)38(55)45-20-10-11-21-48(40(57)29-17-13-19-31(62-24(2)51)36(29)64-26(4)53)22-32(54)46-33(27-14-8-7-9-15-27)39(56)47-34-41(58)49-37(43(59)60)44(5,6)65-42(34)49/h7-9,12-19,33-34,37,42H,10-11,20-22H2,1-6H3,(H,45,55)(H,46,54)(H,47,56)(H,59,60)/t33-,34-,37+,42+/m1/s1. The lowest BCUT2D eigenvalue weighted by molar-refractivity contribution is -0.161. The molecule has 0 aliphatic carbocycles. The number of hydrogen-bond donors (Lipinski definition) is 4. The Balaban J connectivity index is 1.36. The van der Waals surface area contributed by atoms with Gasteiger partial charge >= 0.3 is 29.8 Å². The van der Waals surface area contributed by atoms with Crippen LogP contribution in [0.4, 0.5) is 0 Å². The topological polar surface area (TPSA) is 270 Å². The molecule has 0 bridgehead atoms. The summed E-state index contributed by atoms with van der Waals surface area (Å²) in [5, 5.41) is 17.1. The second kappa shape index (κ2) is 20.9. The molecule has 2 fully saturated rings. The number of nitrogens with one attached hydrogen (secondary N) is 3. The predicted octanol–water partition coefficient (Wildman–Crippen LogP) is 2.53. The van der Waals surface area contributed by atoms with E-state index in [0.717, 1.165) is 32.6 Å². The Labute approximate surface area is 376 Å². The van der Waals surface area contributed by atoms with Crippen LogP contribution in [0.1, 0.15) is 86.7 Å². The van der Waals surface area contributed by atoms with Gasteiger partial charge in [-0.3, -0.25) is 43.2 Å². The van der Waals surface area contributed by atoms with Crippen molar-refractivity contribution in [2.45, 2.75) is 82.6 Å². The number of carbonyl (C=O) groups is 10. The zero-order valence-electron chi connectivity index (χ0n) is 36.2. The zero-order valence-corrected chi connectivity index (χ0v) is 37.0. The normalized spacial score (nSPS) is 17.2. The van der Waals surface area contributed by atoms with Crippen molar-refractivity contribution in [3.63, 3.8) is 0 Å². The number of para-hydroxylation sites is 2. The highest BCUT2D eigenvalue weighted by Gasteiger charge is 2.64. The van der Waals surface area contributed by atoms with Gasteiger partial charge in [0.05, 0.1) is 17.7 Å². The van der Waals surface area contributed by atoms with E-state index < -0.39 is 99.9 Å². The largest absolute Gasteiger partial charge is 0.480 e. The Hall–Kier alpha value is -7.29. The fourth-order valence-electron chi connectivity index (χ4n) is 7.20. The van der Waals surface area contributed by atoms with Crippen molar-refractivity contribution >= 4 is 71.1 Å². The third-order valence-corrected chi connectivity index (χ3v) is 11.4. The van der Waals surface area contributed by atoms with Crippen LogP contribution < -0.4 is 34.9 Å². The first-order valence-corrected chi connectivity index (χ1v) is 21.0. The van der Waals surface area contributed by atoms with E-state index in [1.54, 1.807) is 44.2 Å². The molecule has 3 aromatic rings. The number of carbonyl (C=O) groups excluding carboxylic acids is 9. The maximum Gasteiger partial charge on any atom is 0.327 e. The minimum absolute atomic E-state index is 0.00222. The molecule has 5 amide bonds. The Morgan fingerprint density at radius 1 is 0.754 bits per heavy atom. The molecule has 0 unspecified atom stereocenters. The van der Waals surface area contributed by atoms with Crippen LogP contribution in [0, 0.1) is 0 Å². The Kier molecular flexibility index (Phi) is 15.7. The van der Waals surface area contributed by atoms with Crippen LogP contribution in [0.3, 0.4) is 0 Å². The molecule has 2 aliphatic rings. The van der Waals surface area contributed by atoms with Gasteiger partial charge in [-0.05, 0) is 56.5 Å². The number of ether oxygens (including phenoxy) is 4. The number of unbranched alkanes of at least 4 members (excludes halogenated alkanes) is 1. The fraction of sp³-hybridized carbons (Fsp3) is 0.364. The molecular formula is C44H47N5O15S. The van der Waals surface area contributed by atoms with Gasteiger partial charge in [-0.15, -0.1) is 11.8 Å². The maximum atomic E-state index is 14.4. The number of amides is 5. The second-order valence-corrected chi connectivity index (χ2v) is 17.1. The van der Waals surface area contributed by atoms with E-state index in [2.05, 4.69) is 16.0 Å². The summed E-state index contributed by atoms with van der Waals surface area (Å²) in [5.41, 5.74) is -0.0444. The SMILES string of the molecule is CC(=O)Oc1cccc(C(=O)NCCCCN(CC(=O)N[C@@H](C(=O)N[C@@H]2C(=O)N3[C@@H](C(=O)O)C(C)(C)S[C@@H]23)c2ccccc2)C(=O)c2cccc(OC(C)=O)c2OC(C)=O)c1OC(C)=O. The van der Waals surface area contributed by atoms with Crippen LogP contribution in [0.2, 0.25) is 0 Å². The van der Waals surface area contributed by atoms with E-state index in [9.17, 15) is 53.1 Å². The summed E-state index contributed by atoms with van der Waals surface area (Å²) < 4.78 is 19.9. The molecule has 2 saturated heterocycles. The summed E-state index contributed by atoms with van der Waals surface area (Å²) >= 11 is 1.23. The van der Waals surface area contributed by atoms with Gasteiger partial charge in [-0.2, -0.15) is 0 Å². The lowest BCUT2D eigenvalue weighted by atomic mass is 9.95. The van der Waals surface area contributed by atoms with Gasteiger partial charge < -0.3 is 49.8 Å². The molecule has 0 radical (unpaired) electrons. The quantitative estimate of drug-likeness (QED) is 0.0618. The van der Waals surface area contributed by atoms with Crippen LogP contribution in [0.15, 0.2) is 66.7 Å². The lowest BCUT2D eigenvalue weighted by Crippen LogP contribution is -2.71. The van der Waals surface area contributed by atoms with Crippen LogP contribution in [-0.4, -0.2) is 116 Å². The molecule has 0 spiro atoms. The van der Waals surface area contributed by atoms with E-state index in [4.69, 9.17) is 18.9 Å².